The van der Waals surface area contributed by atoms with E-state index in [4.69, 9.17) is 5.73 Å². The van der Waals surface area contributed by atoms with E-state index in [0.29, 0.717) is 0 Å². The third-order valence-electron chi connectivity index (χ3n) is 4.19. The molecular formula is C19H12Br3F2N3O5S2. The van der Waals surface area contributed by atoms with Gasteiger partial charge in [-0.3, -0.25) is 14.2 Å². The molecule has 15 heteroatoms. The summed E-state index contributed by atoms with van der Waals surface area (Å²) in [4.78, 5) is 11.0. The van der Waals surface area contributed by atoms with Crippen LogP contribution in [0, 0.1) is 11.6 Å². The van der Waals surface area contributed by atoms with Crippen molar-refractivity contribution in [2.45, 2.75) is 9.79 Å². The van der Waals surface area contributed by atoms with E-state index in [0.717, 1.165) is 42.5 Å². The number of amides is 1. The van der Waals surface area contributed by atoms with Gasteiger partial charge in [-0.05, 0) is 80.4 Å². The summed E-state index contributed by atoms with van der Waals surface area (Å²) in [7, 11) is -8.72. The maximum Gasteiger partial charge on any atom is 0.262 e. The number of benzene rings is 3. The number of hydrogen-bond acceptors (Lipinski definition) is 5. The monoisotopic (exact) mass is 701 g/mol. The molecule has 0 bridgehead atoms. The summed E-state index contributed by atoms with van der Waals surface area (Å²) in [6, 6.07) is 8.18. The first kappa shape index (κ1) is 26.5. The van der Waals surface area contributed by atoms with Gasteiger partial charge >= 0.3 is 0 Å². The summed E-state index contributed by atoms with van der Waals surface area (Å²) in [5.74, 6) is -2.61. The molecule has 3 aromatic rings. The van der Waals surface area contributed by atoms with Crippen molar-refractivity contribution in [3.8, 4) is 0 Å². The molecule has 0 unspecified atom stereocenters. The molecule has 0 saturated carbocycles. The Kier molecular flexibility index (Phi) is 7.72. The topological polar surface area (TPSA) is 135 Å². The van der Waals surface area contributed by atoms with Gasteiger partial charge in [0.1, 0.15) is 16.5 Å². The van der Waals surface area contributed by atoms with Crippen LogP contribution in [0.3, 0.4) is 0 Å². The van der Waals surface area contributed by atoms with Crippen LogP contribution in [0.5, 0.6) is 0 Å². The molecule has 3 rings (SSSR count). The van der Waals surface area contributed by atoms with Gasteiger partial charge in [0.05, 0.1) is 20.6 Å². The molecule has 34 heavy (non-hydrogen) atoms. The van der Waals surface area contributed by atoms with E-state index in [9.17, 15) is 30.4 Å². The molecule has 180 valence electrons. The fourth-order valence-electron chi connectivity index (χ4n) is 2.72. The van der Waals surface area contributed by atoms with Crippen LogP contribution in [0.4, 0.5) is 20.2 Å². The molecule has 0 aliphatic rings. The third-order valence-corrected chi connectivity index (χ3v) is 8.69. The average Bonchev–Trinajstić information content (AvgIpc) is 2.70. The first-order chi connectivity index (χ1) is 15.7. The Labute approximate surface area is 218 Å². The predicted octanol–water partition coefficient (Wildman–Crippen LogP) is 4.95. The average molecular weight is 704 g/mol. The van der Waals surface area contributed by atoms with Crippen LogP contribution >= 0.6 is 47.8 Å². The second-order valence-electron chi connectivity index (χ2n) is 6.64. The van der Waals surface area contributed by atoms with Crippen molar-refractivity contribution in [3.63, 3.8) is 0 Å². The molecule has 0 radical (unpaired) electrons. The Morgan fingerprint density at radius 2 is 1.50 bits per heavy atom. The predicted molar refractivity (Wildman–Crippen MR) is 132 cm³/mol. The first-order valence-electron chi connectivity index (χ1n) is 8.80. The number of anilines is 2. The van der Waals surface area contributed by atoms with Crippen molar-refractivity contribution in [1.82, 2.24) is 0 Å². The van der Waals surface area contributed by atoms with E-state index in [1.165, 1.54) is 6.07 Å². The van der Waals surface area contributed by atoms with Crippen LogP contribution < -0.4 is 15.2 Å². The number of carbonyl (C=O) groups is 1. The minimum atomic E-state index is -4.42. The molecule has 0 heterocycles. The van der Waals surface area contributed by atoms with E-state index in [1.54, 1.807) is 0 Å². The van der Waals surface area contributed by atoms with E-state index in [-0.39, 0.29) is 24.8 Å². The van der Waals surface area contributed by atoms with Crippen molar-refractivity contribution < 1.29 is 30.4 Å². The van der Waals surface area contributed by atoms with Crippen LogP contribution in [0.1, 0.15) is 10.4 Å². The van der Waals surface area contributed by atoms with Crippen molar-refractivity contribution in [1.29, 1.82) is 0 Å². The fourth-order valence-corrected chi connectivity index (χ4v) is 6.59. The van der Waals surface area contributed by atoms with Gasteiger partial charge in [0.2, 0.25) is 5.91 Å². The number of carbonyl (C=O) groups excluding carboxylic acids is 1. The minimum Gasteiger partial charge on any atom is -0.366 e. The van der Waals surface area contributed by atoms with E-state index >= 15 is 0 Å². The number of rotatable bonds is 7. The summed E-state index contributed by atoms with van der Waals surface area (Å²) >= 11 is 8.99. The lowest BCUT2D eigenvalue weighted by molar-refractivity contribution is 0.0997. The summed E-state index contributed by atoms with van der Waals surface area (Å²) in [5.41, 5.74) is 4.58. The highest BCUT2D eigenvalue weighted by atomic mass is 79.9. The second kappa shape index (κ2) is 9.89. The Balaban J connectivity index is 2.00. The summed E-state index contributed by atoms with van der Waals surface area (Å²) < 4.78 is 83.0. The minimum absolute atomic E-state index is 0.0164. The van der Waals surface area contributed by atoms with Crippen molar-refractivity contribution in [3.05, 3.63) is 79.1 Å². The number of nitrogens with one attached hydrogen (secondary N) is 2. The lowest BCUT2D eigenvalue weighted by Crippen LogP contribution is -2.21. The van der Waals surface area contributed by atoms with Crippen LogP contribution in [0.2, 0.25) is 0 Å². The van der Waals surface area contributed by atoms with Gasteiger partial charge in [-0.15, -0.1) is 0 Å². The van der Waals surface area contributed by atoms with Gasteiger partial charge in [-0.1, -0.05) is 15.9 Å². The standard InChI is InChI=1S/C19H12Br3F2N3O5S2/c20-9-3-10(23)5-12(4-9)33(29,30)26-11-1-2-18(13(6-11)19(25)28)34(31,32)27-17-8-14(21)16(24)7-15(17)22/h1-8,26-27H,(H2,25,28). The molecule has 0 fully saturated rings. The number of halogens is 5. The molecule has 4 N–H and O–H groups in total. The summed E-state index contributed by atoms with van der Waals surface area (Å²) in [5, 5.41) is 0. The highest BCUT2D eigenvalue weighted by Gasteiger charge is 2.25. The zero-order chi connectivity index (χ0) is 25.4. The van der Waals surface area contributed by atoms with Crippen LogP contribution in [0.25, 0.3) is 0 Å². The van der Waals surface area contributed by atoms with E-state index in [1.807, 2.05) is 0 Å². The maximum absolute atomic E-state index is 13.6. The molecule has 0 aliphatic heterocycles. The van der Waals surface area contributed by atoms with Gasteiger partial charge in [-0.25, -0.2) is 25.6 Å². The molecule has 0 aliphatic carbocycles. The van der Waals surface area contributed by atoms with Crippen LogP contribution in [-0.2, 0) is 20.0 Å². The SMILES string of the molecule is NC(=O)c1cc(NS(=O)(=O)c2cc(F)cc(Br)c2)ccc1S(=O)(=O)Nc1cc(Br)c(F)cc1Br. The third kappa shape index (κ3) is 5.94. The molecule has 1 amide bonds. The molecule has 8 nitrogen and oxygen atoms in total. The van der Waals surface area contributed by atoms with Gasteiger partial charge in [-0.2, -0.15) is 0 Å². The Morgan fingerprint density at radius 1 is 0.824 bits per heavy atom. The van der Waals surface area contributed by atoms with Crippen LogP contribution in [0.15, 0.2) is 71.7 Å². The van der Waals surface area contributed by atoms with Crippen molar-refractivity contribution >= 4 is 85.1 Å². The first-order valence-corrected chi connectivity index (χ1v) is 14.1. The van der Waals surface area contributed by atoms with Gasteiger partial charge in [0.25, 0.3) is 20.0 Å². The number of primary amides is 1. The maximum atomic E-state index is 13.6. The normalized spacial score (nSPS) is 11.8. The zero-order valence-corrected chi connectivity index (χ0v) is 22.8. The highest BCUT2D eigenvalue weighted by molar-refractivity contribution is 9.11. The number of hydrogen-bond donors (Lipinski definition) is 3. The van der Waals surface area contributed by atoms with Gasteiger partial charge < -0.3 is 5.73 Å². The molecule has 0 spiro atoms. The second-order valence-corrected chi connectivity index (χ2v) is 12.6. The van der Waals surface area contributed by atoms with Gasteiger partial charge in [0, 0.05) is 14.6 Å². The summed E-state index contributed by atoms with van der Waals surface area (Å²) in [6.45, 7) is 0. The van der Waals surface area contributed by atoms with Gasteiger partial charge in [0.15, 0.2) is 0 Å². The number of nitrogens with two attached hydrogens (primary N) is 1. The molecule has 0 atom stereocenters. The summed E-state index contributed by atoms with van der Waals surface area (Å²) in [6.07, 6.45) is 0. The molecule has 3 aromatic carbocycles. The fraction of sp³-hybridized carbons (Fsp3) is 0. The highest BCUT2D eigenvalue weighted by Crippen LogP contribution is 2.32. The zero-order valence-electron chi connectivity index (χ0n) is 16.4. The largest absolute Gasteiger partial charge is 0.366 e. The Morgan fingerprint density at radius 3 is 2.12 bits per heavy atom. The number of sulfonamides is 2. The van der Waals surface area contributed by atoms with Crippen LogP contribution in [-0.4, -0.2) is 22.7 Å². The Hall–Kier alpha value is -2.07. The van der Waals surface area contributed by atoms with Crippen molar-refractivity contribution in [2.75, 3.05) is 9.44 Å². The Bertz CT molecular complexity index is 1510. The quantitative estimate of drug-likeness (QED) is 0.300. The smallest absolute Gasteiger partial charge is 0.262 e. The lowest BCUT2D eigenvalue weighted by Gasteiger charge is -2.15. The van der Waals surface area contributed by atoms with E-state index < -0.39 is 52.9 Å². The molecule has 0 aromatic heterocycles. The molecular weight excluding hydrogens is 692 g/mol. The van der Waals surface area contributed by atoms with Crippen molar-refractivity contribution in [2.24, 2.45) is 5.73 Å². The lowest BCUT2D eigenvalue weighted by atomic mass is 10.2. The van der Waals surface area contributed by atoms with E-state index in [2.05, 4.69) is 57.2 Å². The molecule has 0 saturated heterocycles.